The van der Waals surface area contributed by atoms with Gasteiger partial charge in [-0.2, -0.15) is 0 Å². The zero-order valence-electron chi connectivity index (χ0n) is 11.7. The van der Waals surface area contributed by atoms with Crippen LogP contribution < -0.4 is 10.1 Å². The van der Waals surface area contributed by atoms with E-state index in [0.717, 1.165) is 19.4 Å². The van der Waals surface area contributed by atoms with E-state index in [9.17, 15) is 4.79 Å². The van der Waals surface area contributed by atoms with Crippen molar-refractivity contribution in [3.8, 4) is 5.88 Å². The first-order chi connectivity index (χ1) is 10.3. The number of methoxy groups -OCH3 is 1. The highest BCUT2D eigenvalue weighted by Crippen LogP contribution is 2.34. The molecule has 21 heavy (non-hydrogen) atoms. The molecule has 1 atom stereocenters. The Bertz CT molecular complexity index is 600. The Balaban J connectivity index is 1.69. The third-order valence-electron chi connectivity index (χ3n) is 3.47. The molecule has 0 saturated carbocycles. The van der Waals surface area contributed by atoms with E-state index in [1.54, 1.807) is 23.5 Å². The number of ether oxygens (including phenoxy) is 1. The number of urea groups is 1. The largest absolute Gasteiger partial charge is 0.480 e. The van der Waals surface area contributed by atoms with Gasteiger partial charge in [-0.1, -0.05) is 6.07 Å². The van der Waals surface area contributed by atoms with E-state index < -0.39 is 0 Å². The number of thiophene rings is 1. The normalized spacial score (nSPS) is 17.8. The lowest BCUT2D eigenvalue weighted by molar-refractivity contribution is 0.207. The summed E-state index contributed by atoms with van der Waals surface area (Å²) in [6.07, 6.45) is 2.02. The van der Waals surface area contributed by atoms with Crippen LogP contribution in [0.4, 0.5) is 10.6 Å². The molecule has 1 aliphatic rings. The molecule has 0 radical (unpaired) electrons. The predicted molar refractivity (Wildman–Crippen MR) is 80.6 cm³/mol. The van der Waals surface area contributed by atoms with Crippen LogP contribution in [0.3, 0.4) is 0 Å². The molecule has 0 bridgehead atoms. The summed E-state index contributed by atoms with van der Waals surface area (Å²) < 4.78 is 4.94. The van der Waals surface area contributed by atoms with E-state index in [4.69, 9.17) is 4.74 Å². The summed E-state index contributed by atoms with van der Waals surface area (Å²) in [6.45, 7) is 0.762. The summed E-state index contributed by atoms with van der Waals surface area (Å²) in [6, 6.07) is 7.47. The lowest BCUT2D eigenvalue weighted by Gasteiger charge is -2.23. The van der Waals surface area contributed by atoms with Crippen LogP contribution >= 0.6 is 11.3 Å². The molecule has 1 N–H and O–H groups in total. The van der Waals surface area contributed by atoms with E-state index in [1.165, 1.54) is 12.0 Å². The summed E-state index contributed by atoms with van der Waals surface area (Å²) in [7, 11) is 1.53. The van der Waals surface area contributed by atoms with E-state index >= 15 is 0 Å². The number of anilines is 1. The van der Waals surface area contributed by atoms with Crippen molar-refractivity contribution >= 4 is 23.2 Å². The SMILES string of the molecule is COc1ccc(NC(=O)N2CCC[C@H]2c2cccs2)nn1. The van der Waals surface area contributed by atoms with Gasteiger partial charge in [0.2, 0.25) is 5.88 Å². The van der Waals surface area contributed by atoms with E-state index in [2.05, 4.69) is 21.6 Å². The number of carbonyl (C=O) groups is 1. The Hall–Kier alpha value is -2.15. The minimum Gasteiger partial charge on any atom is -0.480 e. The summed E-state index contributed by atoms with van der Waals surface area (Å²) in [5.74, 6) is 0.850. The minimum absolute atomic E-state index is 0.134. The van der Waals surface area contributed by atoms with E-state index in [-0.39, 0.29) is 12.1 Å². The van der Waals surface area contributed by atoms with Crippen LogP contribution in [-0.2, 0) is 0 Å². The molecule has 2 aromatic heterocycles. The van der Waals surface area contributed by atoms with Crippen LogP contribution in [0, 0.1) is 0 Å². The van der Waals surface area contributed by atoms with Gasteiger partial charge in [-0.15, -0.1) is 21.5 Å². The van der Waals surface area contributed by atoms with Crippen molar-refractivity contribution in [3.63, 3.8) is 0 Å². The fourth-order valence-electron chi connectivity index (χ4n) is 2.46. The lowest BCUT2D eigenvalue weighted by Crippen LogP contribution is -2.34. The fraction of sp³-hybridized carbons (Fsp3) is 0.357. The van der Waals surface area contributed by atoms with Crippen LogP contribution in [0.15, 0.2) is 29.6 Å². The van der Waals surface area contributed by atoms with Gasteiger partial charge >= 0.3 is 6.03 Å². The van der Waals surface area contributed by atoms with Gasteiger partial charge in [0.25, 0.3) is 0 Å². The van der Waals surface area contributed by atoms with Gasteiger partial charge in [0.05, 0.1) is 13.2 Å². The summed E-state index contributed by atoms with van der Waals surface area (Å²) in [5.41, 5.74) is 0. The molecule has 6 nitrogen and oxygen atoms in total. The first kappa shape index (κ1) is 13.8. The number of nitrogens with one attached hydrogen (secondary N) is 1. The molecular formula is C14H16N4O2S. The second kappa shape index (κ2) is 6.09. The zero-order valence-corrected chi connectivity index (χ0v) is 12.5. The Morgan fingerprint density at radius 1 is 1.43 bits per heavy atom. The van der Waals surface area contributed by atoms with Gasteiger partial charge in [-0.3, -0.25) is 5.32 Å². The molecule has 2 amide bonds. The summed E-state index contributed by atoms with van der Waals surface area (Å²) >= 11 is 1.69. The Morgan fingerprint density at radius 3 is 3.00 bits per heavy atom. The molecular weight excluding hydrogens is 288 g/mol. The number of amides is 2. The van der Waals surface area contributed by atoms with Crippen molar-refractivity contribution in [2.45, 2.75) is 18.9 Å². The number of rotatable bonds is 3. The van der Waals surface area contributed by atoms with Crippen molar-refractivity contribution in [3.05, 3.63) is 34.5 Å². The Kier molecular flexibility index (Phi) is 4.01. The van der Waals surface area contributed by atoms with Crippen LogP contribution in [0.25, 0.3) is 0 Å². The van der Waals surface area contributed by atoms with Gasteiger partial charge < -0.3 is 9.64 Å². The Morgan fingerprint density at radius 2 is 2.33 bits per heavy atom. The molecule has 110 valence electrons. The van der Waals surface area contributed by atoms with Crippen molar-refractivity contribution in [2.75, 3.05) is 19.0 Å². The fourth-order valence-corrected chi connectivity index (χ4v) is 3.34. The molecule has 3 rings (SSSR count). The van der Waals surface area contributed by atoms with Crippen molar-refractivity contribution in [2.24, 2.45) is 0 Å². The number of hydrogen-bond donors (Lipinski definition) is 1. The average molecular weight is 304 g/mol. The van der Waals surface area contributed by atoms with Gasteiger partial charge in [0, 0.05) is 17.5 Å². The van der Waals surface area contributed by atoms with Gasteiger partial charge in [0.15, 0.2) is 5.82 Å². The molecule has 0 unspecified atom stereocenters. The van der Waals surface area contributed by atoms with Crippen LogP contribution in [-0.4, -0.2) is 34.8 Å². The highest BCUT2D eigenvalue weighted by atomic mass is 32.1. The third-order valence-corrected chi connectivity index (χ3v) is 4.44. The quantitative estimate of drug-likeness (QED) is 0.946. The third kappa shape index (κ3) is 2.97. The van der Waals surface area contributed by atoms with E-state index in [0.29, 0.717) is 11.7 Å². The molecule has 1 saturated heterocycles. The smallest absolute Gasteiger partial charge is 0.323 e. The number of carbonyl (C=O) groups excluding carboxylic acids is 1. The minimum atomic E-state index is -0.134. The Labute approximate surface area is 126 Å². The molecule has 1 aliphatic heterocycles. The van der Waals surface area contributed by atoms with Crippen molar-refractivity contribution in [1.29, 1.82) is 0 Å². The molecule has 3 heterocycles. The zero-order chi connectivity index (χ0) is 14.7. The average Bonchev–Trinajstić information content (AvgIpc) is 3.18. The van der Waals surface area contributed by atoms with Crippen molar-refractivity contribution in [1.82, 2.24) is 15.1 Å². The van der Waals surface area contributed by atoms with Crippen LogP contribution in [0.1, 0.15) is 23.8 Å². The van der Waals surface area contributed by atoms with Gasteiger partial charge in [-0.05, 0) is 30.4 Å². The molecule has 0 aliphatic carbocycles. The maximum atomic E-state index is 12.4. The lowest BCUT2D eigenvalue weighted by atomic mass is 10.2. The van der Waals surface area contributed by atoms with Gasteiger partial charge in [0.1, 0.15) is 0 Å². The molecule has 1 fully saturated rings. The summed E-state index contributed by atoms with van der Waals surface area (Å²) in [4.78, 5) is 15.5. The maximum absolute atomic E-state index is 12.4. The monoisotopic (exact) mass is 304 g/mol. The summed E-state index contributed by atoms with van der Waals surface area (Å²) in [5, 5.41) is 12.6. The van der Waals surface area contributed by atoms with Crippen molar-refractivity contribution < 1.29 is 9.53 Å². The van der Waals surface area contributed by atoms with Crippen LogP contribution in [0.5, 0.6) is 5.88 Å². The number of hydrogen-bond acceptors (Lipinski definition) is 5. The molecule has 2 aromatic rings. The van der Waals surface area contributed by atoms with Gasteiger partial charge in [-0.25, -0.2) is 4.79 Å². The van der Waals surface area contributed by atoms with Crippen LogP contribution in [0.2, 0.25) is 0 Å². The highest BCUT2D eigenvalue weighted by molar-refractivity contribution is 7.10. The number of likely N-dealkylation sites (tertiary alicyclic amines) is 1. The first-order valence-electron chi connectivity index (χ1n) is 6.76. The number of nitrogens with zero attached hydrogens (tertiary/aromatic N) is 3. The first-order valence-corrected chi connectivity index (χ1v) is 7.64. The molecule has 0 aromatic carbocycles. The highest BCUT2D eigenvalue weighted by Gasteiger charge is 2.30. The maximum Gasteiger partial charge on any atom is 0.323 e. The molecule has 7 heteroatoms. The second-order valence-corrected chi connectivity index (χ2v) is 5.74. The topological polar surface area (TPSA) is 67.3 Å². The predicted octanol–water partition coefficient (Wildman–Crippen LogP) is 2.92. The van der Waals surface area contributed by atoms with E-state index in [1.807, 2.05) is 16.3 Å². The standard InChI is InChI=1S/C14H16N4O2S/c1-20-13-7-6-12(16-17-13)15-14(19)18-8-2-4-10(18)11-5-3-9-21-11/h3,5-7,9-10H,2,4,8H2,1H3,(H,15,16,19)/t10-/m0/s1. The second-order valence-electron chi connectivity index (χ2n) is 4.76. The molecule has 0 spiro atoms. The number of aromatic nitrogens is 2.